The smallest absolute Gasteiger partial charge is 0.269 e. The maximum absolute atomic E-state index is 11.4. The first kappa shape index (κ1) is 10.5. The Balaban J connectivity index is 2.33. The van der Waals surface area contributed by atoms with Crippen LogP contribution in [0.3, 0.4) is 0 Å². The van der Waals surface area contributed by atoms with Gasteiger partial charge in [0.1, 0.15) is 5.69 Å². The molecule has 3 rings (SSSR count). The highest BCUT2D eigenvalue weighted by Gasteiger charge is 2.15. The fourth-order valence-electron chi connectivity index (χ4n) is 1.96. The lowest BCUT2D eigenvalue weighted by Crippen LogP contribution is -2.12. The van der Waals surface area contributed by atoms with Gasteiger partial charge in [-0.25, -0.2) is 4.68 Å². The van der Waals surface area contributed by atoms with Crippen LogP contribution in [-0.2, 0) is 7.05 Å². The third kappa shape index (κ3) is 1.46. The number of hydrogen-bond acceptors (Lipinski definition) is 3. The lowest BCUT2D eigenvalue weighted by atomic mass is 10.2. The number of amides is 1. The van der Waals surface area contributed by atoms with E-state index in [4.69, 9.17) is 5.73 Å². The van der Waals surface area contributed by atoms with E-state index in [-0.39, 0.29) is 5.69 Å². The molecule has 0 spiro atoms. The van der Waals surface area contributed by atoms with Gasteiger partial charge in [-0.2, -0.15) is 10.2 Å². The standard InChI is InChI=1S/C12H11N5O/c1-16-7-8(6-14-16)17-10-5-3-2-4-9(10)11(15-17)12(13)18/h2-7H,1H3,(H2,13,18). The molecular weight excluding hydrogens is 230 g/mol. The van der Waals surface area contributed by atoms with Gasteiger partial charge in [0.25, 0.3) is 5.91 Å². The van der Waals surface area contributed by atoms with Crippen molar-refractivity contribution in [2.24, 2.45) is 12.8 Å². The summed E-state index contributed by atoms with van der Waals surface area (Å²) in [5.74, 6) is -0.533. The molecule has 90 valence electrons. The van der Waals surface area contributed by atoms with E-state index in [0.29, 0.717) is 0 Å². The quantitative estimate of drug-likeness (QED) is 0.722. The molecule has 0 saturated carbocycles. The molecule has 0 bridgehead atoms. The molecule has 0 radical (unpaired) electrons. The highest BCUT2D eigenvalue weighted by atomic mass is 16.1. The molecule has 2 N–H and O–H groups in total. The fraction of sp³-hybridized carbons (Fsp3) is 0.0833. The van der Waals surface area contributed by atoms with Crippen LogP contribution >= 0.6 is 0 Å². The Bertz CT molecular complexity index is 740. The van der Waals surface area contributed by atoms with Crippen LogP contribution in [0.4, 0.5) is 0 Å². The van der Waals surface area contributed by atoms with Gasteiger partial charge >= 0.3 is 0 Å². The topological polar surface area (TPSA) is 78.7 Å². The number of fused-ring (bicyclic) bond motifs is 1. The number of hydrogen-bond donors (Lipinski definition) is 1. The van der Waals surface area contributed by atoms with Crippen LogP contribution in [0.2, 0.25) is 0 Å². The van der Waals surface area contributed by atoms with Crippen molar-refractivity contribution < 1.29 is 4.79 Å². The average Bonchev–Trinajstić information content (AvgIpc) is 2.92. The van der Waals surface area contributed by atoms with Gasteiger partial charge in [0.2, 0.25) is 0 Å². The second-order valence-electron chi connectivity index (χ2n) is 4.01. The Morgan fingerprint density at radius 2 is 2.11 bits per heavy atom. The van der Waals surface area contributed by atoms with Crippen molar-refractivity contribution in [1.29, 1.82) is 0 Å². The number of benzene rings is 1. The van der Waals surface area contributed by atoms with Gasteiger partial charge in [-0.15, -0.1) is 0 Å². The van der Waals surface area contributed by atoms with Gasteiger partial charge < -0.3 is 5.73 Å². The highest BCUT2D eigenvalue weighted by molar-refractivity contribution is 6.04. The molecule has 0 unspecified atom stereocenters. The van der Waals surface area contributed by atoms with Crippen molar-refractivity contribution in [3.8, 4) is 5.69 Å². The van der Waals surface area contributed by atoms with Gasteiger partial charge in [-0.1, -0.05) is 18.2 Å². The first-order valence-electron chi connectivity index (χ1n) is 5.43. The van der Waals surface area contributed by atoms with Crippen molar-refractivity contribution in [1.82, 2.24) is 19.6 Å². The zero-order chi connectivity index (χ0) is 12.7. The minimum atomic E-state index is -0.533. The van der Waals surface area contributed by atoms with Crippen molar-refractivity contribution in [2.75, 3.05) is 0 Å². The largest absolute Gasteiger partial charge is 0.364 e. The number of para-hydroxylation sites is 1. The maximum Gasteiger partial charge on any atom is 0.269 e. The Morgan fingerprint density at radius 3 is 2.78 bits per heavy atom. The third-order valence-corrected chi connectivity index (χ3v) is 2.76. The summed E-state index contributed by atoms with van der Waals surface area (Å²) in [5, 5.41) is 9.10. The lowest BCUT2D eigenvalue weighted by molar-refractivity contribution is 0.0996. The van der Waals surface area contributed by atoms with Gasteiger partial charge in [0.15, 0.2) is 5.69 Å². The Labute approximate surface area is 103 Å². The van der Waals surface area contributed by atoms with E-state index in [9.17, 15) is 4.79 Å². The van der Waals surface area contributed by atoms with Crippen LogP contribution in [0.15, 0.2) is 36.7 Å². The van der Waals surface area contributed by atoms with E-state index in [1.165, 1.54) is 0 Å². The molecule has 1 aromatic carbocycles. The SMILES string of the molecule is Cn1cc(-n2nc(C(N)=O)c3ccccc32)cn1. The molecule has 2 heterocycles. The molecule has 6 nitrogen and oxygen atoms in total. The van der Waals surface area contributed by atoms with Gasteiger partial charge in [0, 0.05) is 12.4 Å². The van der Waals surface area contributed by atoms with Crippen LogP contribution < -0.4 is 5.73 Å². The van der Waals surface area contributed by atoms with Crippen molar-refractivity contribution in [3.05, 3.63) is 42.4 Å². The third-order valence-electron chi connectivity index (χ3n) is 2.76. The van der Waals surface area contributed by atoms with E-state index in [1.807, 2.05) is 37.5 Å². The van der Waals surface area contributed by atoms with Crippen LogP contribution in [0.5, 0.6) is 0 Å². The Morgan fingerprint density at radius 1 is 1.33 bits per heavy atom. The number of nitrogens with zero attached hydrogens (tertiary/aromatic N) is 4. The molecule has 0 aliphatic heterocycles. The van der Waals surface area contributed by atoms with Crippen LogP contribution in [0.25, 0.3) is 16.6 Å². The zero-order valence-electron chi connectivity index (χ0n) is 9.74. The maximum atomic E-state index is 11.4. The predicted molar refractivity (Wildman–Crippen MR) is 66.4 cm³/mol. The number of primary amides is 1. The molecule has 0 fully saturated rings. The van der Waals surface area contributed by atoms with Gasteiger partial charge in [0.05, 0.1) is 17.9 Å². The zero-order valence-corrected chi connectivity index (χ0v) is 9.74. The molecule has 3 aromatic rings. The van der Waals surface area contributed by atoms with Crippen molar-refractivity contribution in [2.45, 2.75) is 0 Å². The molecule has 0 atom stereocenters. The van der Waals surface area contributed by atoms with Gasteiger partial charge in [-0.05, 0) is 6.07 Å². The summed E-state index contributed by atoms with van der Waals surface area (Å²) < 4.78 is 3.35. The number of nitrogens with two attached hydrogens (primary N) is 1. The van der Waals surface area contributed by atoms with Gasteiger partial charge in [-0.3, -0.25) is 9.48 Å². The monoisotopic (exact) mass is 241 g/mol. The van der Waals surface area contributed by atoms with E-state index in [0.717, 1.165) is 16.6 Å². The fourth-order valence-corrected chi connectivity index (χ4v) is 1.96. The van der Waals surface area contributed by atoms with Crippen molar-refractivity contribution in [3.63, 3.8) is 0 Å². The molecule has 0 aliphatic rings. The molecule has 2 aromatic heterocycles. The molecule has 6 heteroatoms. The first-order chi connectivity index (χ1) is 8.66. The highest BCUT2D eigenvalue weighted by Crippen LogP contribution is 2.21. The lowest BCUT2D eigenvalue weighted by Gasteiger charge is -1.97. The summed E-state index contributed by atoms with van der Waals surface area (Å²) >= 11 is 0. The first-order valence-corrected chi connectivity index (χ1v) is 5.43. The van der Waals surface area contributed by atoms with E-state index >= 15 is 0 Å². The molecule has 18 heavy (non-hydrogen) atoms. The summed E-state index contributed by atoms with van der Waals surface area (Å²) in [5.41, 5.74) is 7.24. The summed E-state index contributed by atoms with van der Waals surface area (Å²) in [6.45, 7) is 0. The molecule has 0 aliphatic carbocycles. The summed E-state index contributed by atoms with van der Waals surface area (Å²) in [4.78, 5) is 11.4. The summed E-state index contributed by atoms with van der Waals surface area (Å²) in [7, 11) is 1.82. The second-order valence-corrected chi connectivity index (χ2v) is 4.01. The molecule has 0 saturated heterocycles. The van der Waals surface area contributed by atoms with Crippen molar-refractivity contribution >= 4 is 16.8 Å². The number of carbonyl (C=O) groups excluding carboxylic acids is 1. The Kier molecular flexibility index (Phi) is 2.16. The Hall–Kier alpha value is -2.63. The molecule has 1 amide bonds. The van der Waals surface area contributed by atoms with E-state index < -0.39 is 5.91 Å². The molecular formula is C12H11N5O. The van der Waals surface area contributed by atoms with Crippen LogP contribution in [-0.4, -0.2) is 25.5 Å². The summed E-state index contributed by atoms with van der Waals surface area (Å²) in [6, 6.07) is 7.46. The number of carbonyl (C=O) groups is 1. The number of aromatic nitrogens is 4. The average molecular weight is 241 g/mol. The minimum Gasteiger partial charge on any atom is -0.364 e. The van der Waals surface area contributed by atoms with E-state index in [2.05, 4.69) is 10.2 Å². The number of aryl methyl sites for hydroxylation is 1. The summed E-state index contributed by atoms with van der Waals surface area (Å²) in [6.07, 6.45) is 3.51. The van der Waals surface area contributed by atoms with Crippen LogP contribution in [0, 0.1) is 0 Å². The second kappa shape index (κ2) is 3.69. The predicted octanol–water partition coefficient (Wildman–Crippen LogP) is 0.858. The minimum absolute atomic E-state index is 0.273. The van der Waals surface area contributed by atoms with E-state index in [1.54, 1.807) is 15.6 Å². The normalized spacial score (nSPS) is 10.9. The van der Waals surface area contributed by atoms with Crippen LogP contribution in [0.1, 0.15) is 10.5 Å². The number of rotatable bonds is 2.